The van der Waals surface area contributed by atoms with E-state index in [4.69, 9.17) is 11.6 Å². The number of hydrogen-bond acceptors (Lipinski definition) is 3. The van der Waals surface area contributed by atoms with Crippen molar-refractivity contribution in [3.05, 3.63) is 53.2 Å². The van der Waals surface area contributed by atoms with Crippen LogP contribution in [0.15, 0.2) is 47.6 Å². The van der Waals surface area contributed by atoms with Gasteiger partial charge in [-0.3, -0.25) is 0 Å². The van der Waals surface area contributed by atoms with E-state index in [1.54, 1.807) is 18.0 Å². The summed E-state index contributed by atoms with van der Waals surface area (Å²) in [7, 11) is 0. The molecule has 1 heterocycles. The first kappa shape index (κ1) is 10.5. The van der Waals surface area contributed by atoms with Crippen LogP contribution in [0.4, 0.5) is 0 Å². The predicted molar refractivity (Wildman–Crippen MR) is 63.0 cm³/mol. The molecule has 2 rings (SSSR count). The van der Waals surface area contributed by atoms with Crippen LogP contribution < -0.4 is 0 Å². The SMILES string of the molecule is Clc1ccccc1CSc1cccnn1. The summed E-state index contributed by atoms with van der Waals surface area (Å²) in [5.41, 5.74) is 1.12. The van der Waals surface area contributed by atoms with Crippen molar-refractivity contribution >= 4 is 23.4 Å². The number of nitrogens with zero attached hydrogens (tertiary/aromatic N) is 2. The lowest BCUT2D eigenvalue weighted by molar-refractivity contribution is 0.929. The Bertz CT molecular complexity index is 434. The molecule has 1 aromatic carbocycles. The van der Waals surface area contributed by atoms with Gasteiger partial charge in [0.1, 0.15) is 5.03 Å². The molecule has 0 saturated carbocycles. The third-order valence-electron chi connectivity index (χ3n) is 1.88. The molecule has 2 aromatic rings. The zero-order valence-electron chi connectivity index (χ0n) is 7.93. The van der Waals surface area contributed by atoms with Crippen LogP contribution in [0.25, 0.3) is 0 Å². The summed E-state index contributed by atoms with van der Waals surface area (Å²) >= 11 is 7.67. The molecule has 4 heteroatoms. The number of benzene rings is 1. The van der Waals surface area contributed by atoms with E-state index < -0.39 is 0 Å². The summed E-state index contributed by atoms with van der Waals surface area (Å²) in [5.74, 6) is 0.818. The molecule has 0 aliphatic heterocycles. The molecule has 0 atom stereocenters. The van der Waals surface area contributed by atoms with Crippen LogP contribution in [0.2, 0.25) is 5.02 Å². The van der Waals surface area contributed by atoms with Crippen LogP contribution in [0.5, 0.6) is 0 Å². The van der Waals surface area contributed by atoms with E-state index >= 15 is 0 Å². The molecule has 0 amide bonds. The lowest BCUT2D eigenvalue weighted by atomic mass is 10.2. The fourth-order valence-corrected chi connectivity index (χ4v) is 2.25. The Kier molecular flexibility index (Phi) is 3.59. The van der Waals surface area contributed by atoms with Crippen molar-refractivity contribution in [2.75, 3.05) is 0 Å². The van der Waals surface area contributed by atoms with E-state index in [9.17, 15) is 0 Å². The highest BCUT2D eigenvalue weighted by Gasteiger charge is 2.00. The van der Waals surface area contributed by atoms with Crippen molar-refractivity contribution in [3.63, 3.8) is 0 Å². The molecule has 76 valence electrons. The van der Waals surface area contributed by atoms with Gasteiger partial charge in [-0.1, -0.05) is 41.6 Å². The van der Waals surface area contributed by atoms with Gasteiger partial charge in [-0.05, 0) is 23.8 Å². The fraction of sp³-hybridized carbons (Fsp3) is 0.0909. The smallest absolute Gasteiger partial charge is 0.119 e. The van der Waals surface area contributed by atoms with Crippen LogP contribution in [0.3, 0.4) is 0 Å². The molecule has 0 radical (unpaired) electrons. The lowest BCUT2D eigenvalue weighted by Gasteiger charge is -2.02. The van der Waals surface area contributed by atoms with Crippen molar-refractivity contribution in [1.82, 2.24) is 10.2 Å². The summed E-state index contributed by atoms with van der Waals surface area (Å²) in [6, 6.07) is 11.6. The molecule has 2 nitrogen and oxygen atoms in total. The van der Waals surface area contributed by atoms with Gasteiger partial charge < -0.3 is 0 Å². The zero-order valence-corrected chi connectivity index (χ0v) is 9.50. The minimum absolute atomic E-state index is 0.800. The third-order valence-corrected chi connectivity index (χ3v) is 3.22. The maximum absolute atomic E-state index is 6.04. The summed E-state index contributed by atoms with van der Waals surface area (Å²) in [6.45, 7) is 0. The molecule has 0 aliphatic rings. The first-order valence-corrected chi connectivity index (χ1v) is 5.86. The highest BCUT2D eigenvalue weighted by molar-refractivity contribution is 7.98. The quantitative estimate of drug-likeness (QED) is 0.764. The van der Waals surface area contributed by atoms with Gasteiger partial charge in [0.15, 0.2) is 0 Å². The molecule has 1 aromatic heterocycles. The second-order valence-electron chi connectivity index (χ2n) is 2.94. The number of rotatable bonds is 3. The van der Waals surface area contributed by atoms with Gasteiger partial charge in [0.05, 0.1) is 0 Å². The second-order valence-corrected chi connectivity index (χ2v) is 4.34. The van der Waals surface area contributed by atoms with Crippen LogP contribution in [0, 0.1) is 0 Å². The highest BCUT2D eigenvalue weighted by Crippen LogP contribution is 2.24. The number of aromatic nitrogens is 2. The summed E-state index contributed by atoms with van der Waals surface area (Å²) in [6.07, 6.45) is 1.67. The van der Waals surface area contributed by atoms with Crippen LogP contribution in [-0.4, -0.2) is 10.2 Å². The molecule has 15 heavy (non-hydrogen) atoms. The molecular weight excluding hydrogens is 228 g/mol. The average molecular weight is 237 g/mol. The number of hydrogen-bond donors (Lipinski definition) is 0. The summed E-state index contributed by atoms with van der Waals surface area (Å²) in [5, 5.41) is 9.52. The van der Waals surface area contributed by atoms with Gasteiger partial charge in [-0.2, -0.15) is 5.10 Å². The highest BCUT2D eigenvalue weighted by atomic mass is 35.5. The minimum Gasteiger partial charge on any atom is -0.158 e. The Morgan fingerprint density at radius 1 is 1.13 bits per heavy atom. The number of thioether (sulfide) groups is 1. The monoisotopic (exact) mass is 236 g/mol. The van der Waals surface area contributed by atoms with E-state index in [1.165, 1.54) is 0 Å². The van der Waals surface area contributed by atoms with Crippen LogP contribution in [0.1, 0.15) is 5.56 Å². The molecule has 0 unspecified atom stereocenters. The van der Waals surface area contributed by atoms with Crippen molar-refractivity contribution in [2.24, 2.45) is 0 Å². The van der Waals surface area contributed by atoms with Crippen LogP contribution >= 0.6 is 23.4 Å². The maximum Gasteiger partial charge on any atom is 0.119 e. The van der Waals surface area contributed by atoms with Gasteiger partial charge in [-0.15, -0.1) is 5.10 Å². The van der Waals surface area contributed by atoms with Gasteiger partial charge >= 0.3 is 0 Å². The van der Waals surface area contributed by atoms with Gasteiger partial charge in [-0.25, -0.2) is 0 Å². The molecular formula is C11H9ClN2S. The van der Waals surface area contributed by atoms with Gasteiger partial charge in [0.2, 0.25) is 0 Å². The van der Waals surface area contributed by atoms with E-state index in [2.05, 4.69) is 10.2 Å². The first-order valence-electron chi connectivity index (χ1n) is 4.50. The van der Waals surface area contributed by atoms with E-state index in [-0.39, 0.29) is 0 Å². The maximum atomic E-state index is 6.04. The standard InChI is InChI=1S/C11H9ClN2S/c12-10-5-2-1-4-9(10)8-15-11-6-3-7-13-14-11/h1-7H,8H2. The Balaban J connectivity index is 2.03. The lowest BCUT2D eigenvalue weighted by Crippen LogP contribution is -1.85. The molecule has 0 bridgehead atoms. The minimum atomic E-state index is 0.800. The molecule has 0 spiro atoms. The van der Waals surface area contributed by atoms with Crippen molar-refractivity contribution in [2.45, 2.75) is 10.8 Å². The number of halogens is 1. The Morgan fingerprint density at radius 2 is 2.00 bits per heavy atom. The van der Waals surface area contributed by atoms with Crippen molar-refractivity contribution in [1.29, 1.82) is 0 Å². The van der Waals surface area contributed by atoms with E-state index in [0.717, 1.165) is 21.4 Å². The fourth-order valence-electron chi connectivity index (χ4n) is 1.13. The molecule has 0 N–H and O–H groups in total. The second kappa shape index (κ2) is 5.14. The summed E-state index contributed by atoms with van der Waals surface area (Å²) < 4.78 is 0. The normalized spacial score (nSPS) is 10.2. The molecule has 0 fully saturated rings. The average Bonchev–Trinajstić information content (AvgIpc) is 2.29. The topological polar surface area (TPSA) is 25.8 Å². The largest absolute Gasteiger partial charge is 0.158 e. The van der Waals surface area contributed by atoms with E-state index in [0.29, 0.717) is 0 Å². The Labute approximate surface area is 97.7 Å². The predicted octanol–water partition coefficient (Wildman–Crippen LogP) is 3.42. The Morgan fingerprint density at radius 3 is 2.73 bits per heavy atom. The van der Waals surface area contributed by atoms with Crippen molar-refractivity contribution in [3.8, 4) is 0 Å². The van der Waals surface area contributed by atoms with E-state index in [1.807, 2.05) is 36.4 Å². The third kappa shape index (κ3) is 2.94. The van der Waals surface area contributed by atoms with Gasteiger partial charge in [0.25, 0.3) is 0 Å². The first-order chi connectivity index (χ1) is 7.36. The van der Waals surface area contributed by atoms with Crippen molar-refractivity contribution < 1.29 is 0 Å². The zero-order chi connectivity index (χ0) is 10.5. The summed E-state index contributed by atoms with van der Waals surface area (Å²) in [4.78, 5) is 0. The van der Waals surface area contributed by atoms with Crippen LogP contribution in [-0.2, 0) is 5.75 Å². The van der Waals surface area contributed by atoms with Gasteiger partial charge in [0, 0.05) is 17.0 Å². The molecule has 0 saturated heterocycles. The Hall–Kier alpha value is -1.06. The molecule has 0 aliphatic carbocycles.